The van der Waals surface area contributed by atoms with Crippen molar-refractivity contribution in [3.63, 3.8) is 0 Å². The van der Waals surface area contributed by atoms with E-state index in [9.17, 15) is 9.18 Å². The first-order valence-electron chi connectivity index (χ1n) is 5.81. The SMILES string of the molecule is Cn1cnc2c(-c3ccc(Cl)cc3F)nc(Cl)nc2c1=O. The van der Waals surface area contributed by atoms with Crippen LogP contribution in [0, 0.1) is 5.82 Å². The van der Waals surface area contributed by atoms with Crippen molar-refractivity contribution in [3.8, 4) is 11.3 Å². The van der Waals surface area contributed by atoms with E-state index in [1.807, 2.05) is 0 Å². The van der Waals surface area contributed by atoms with E-state index in [2.05, 4.69) is 15.0 Å². The monoisotopic (exact) mass is 324 g/mol. The zero-order chi connectivity index (χ0) is 15.1. The molecule has 0 aliphatic carbocycles. The fourth-order valence-corrected chi connectivity index (χ4v) is 2.26. The van der Waals surface area contributed by atoms with Gasteiger partial charge >= 0.3 is 0 Å². The van der Waals surface area contributed by atoms with Crippen molar-refractivity contribution in [2.24, 2.45) is 7.05 Å². The number of aryl methyl sites for hydroxylation is 1. The molecule has 0 unspecified atom stereocenters. The molecule has 0 saturated heterocycles. The molecule has 21 heavy (non-hydrogen) atoms. The molecule has 0 aliphatic rings. The van der Waals surface area contributed by atoms with E-state index in [1.54, 1.807) is 0 Å². The van der Waals surface area contributed by atoms with Gasteiger partial charge in [0.2, 0.25) is 5.28 Å². The van der Waals surface area contributed by atoms with Crippen molar-refractivity contribution < 1.29 is 4.39 Å². The molecule has 5 nitrogen and oxygen atoms in total. The molecule has 3 aromatic rings. The Morgan fingerprint density at radius 1 is 1.19 bits per heavy atom. The van der Waals surface area contributed by atoms with Crippen LogP contribution in [0.3, 0.4) is 0 Å². The molecular weight excluding hydrogens is 318 g/mol. The highest BCUT2D eigenvalue weighted by Crippen LogP contribution is 2.28. The zero-order valence-electron chi connectivity index (χ0n) is 10.6. The predicted octanol–water partition coefficient (Wildman–Crippen LogP) is 2.84. The van der Waals surface area contributed by atoms with Gasteiger partial charge in [0, 0.05) is 17.6 Å². The van der Waals surface area contributed by atoms with Gasteiger partial charge in [0.15, 0.2) is 5.52 Å². The van der Waals surface area contributed by atoms with Crippen molar-refractivity contribution in [2.45, 2.75) is 0 Å². The Hall–Kier alpha value is -2.05. The fraction of sp³-hybridized carbons (Fsp3) is 0.0769. The van der Waals surface area contributed by atoms with E-state index < -0.39 is 5.82 Å². The minimum absolute atomic E-state index is 0.0318. The number of halogens is 3. The van der Waals surface area contributed by atoms with Crippen molar-refractivity contribution in [1.82, 2.24) is 19.5 Å². The lowest BCUT2D eigenvalue weighted by atomic mass is 10.1. The third-order valence-corrected chi connectivity index (χ3v) is 3.33. The van der Waals surface area contributed by atoms with Gasteiger partial charge < -0.3 is 4.57 Å². The van der Waals surface area contributed by atoms with Crippen LogP contribution in [0.15, 0.2) is 29.3 Å². The maximum Gasteiger partial charge on any atom is 0.279 e. The third kappa shape index (κ3) is 2.36. The van der Waals surface area contributed by atoms with Crippen LogP contribution < -0.4 is 5.56 Å². The van der Waals surface area contributed by atoms with Crippen LogP contribution in [0.4, 0.5) is 4.39 Å². The molecule has 0 amide bonds. The van der Waals surface area contributed by atoms with Crippen LogP contribution in [0.1, 0.15) is 0 Å². The van der Waals surface area contributed by atoms with Crippen molar-refractivity contribution >= 4 is 34.2 Å². The standard InChI is InChI=1S/C13H7Cl2FN4O/c1-20-5-17-10-9(7-3-2-6(14)4-8(7)16)18-13(15)19-11(10)12(20)21/h2-5H,1H3. The van der Waals surface area contributed by atoms with Gasteiger partial charge in [-0.2, -0.15) is 0 Å². The molecule has 0 bridgehead atoms. The second kappa shape index (κ2) is 5.05. The van der Waals surface area contributed by atoms with Gasteiger partial charge in [-0.05, 0) is 29.8 Å². The molecule has 8 heteroatoms. The zero-order valence-corrected chi connectivity index (χ0v) is 12.2. The number of hydrogen-bond donors (Lipinski definition) is 0. The number of fused-ring (bicyclic) bond motifs is 1. The molecular formula is C13H7Cl2FN4O. The molecule has 0 atom stereocenters. The molecule has 0 fully saturated rings. The molecule has 0 aliphatic heterocycles. The first kappa shape index (κ1) is 13.9. The summed E-state index contributed by atoms with van der Waals surface area (Å²) < 4.78 is 15.3. The van der Waals surface area contributed by atoms with E-state index in [0.29, 0.717) is 0 Å². The molecule has 0 N–H and O–H groups in total. The summed E-state index contributed by atoms with van der Waals surface area (Å²) in [6, 6.07) is 4.12. The van der Waals surface area contributed by atoms with Gasteiger partial charge in [0.1, 0.15) is 17.0 Å². The van der Waals surface area contributed by atoms with Gasteiger partial charge in [0.05, 0.1) is 6.33 Å². The Morgan fingerprint density at radius 3 is 2.67 bits per heavy atom. The second-order valence-corrected chi connectivity index (χ2v) is 5.10. The lowest BCUT2D eigenvalue weighted by Gasteiger charge is -2.07. The molecule has 106 valence electrons. The van der Waals surface area contributed by atoms with Crippen molar-refractivity contribution in [3.05, 3.63) is 51.0 Å². The Balaban J connectivity index is 2.42. The minimum Gasteiger partial charge on any atom is -0.301 e. The second-order valence-electron chi connectivity index (χ2n) is 4.32. The summed E-state index contributed by atoms with van der Waals surface area (Å²) in [4.78, 5) is 24.0. The largest absolute Gasteiger partial charge is 0.301 e. The lowest BCUT2D eigenvalue weighted by Crippen LogP contribution is -2.18. The summed E-state index contributed by atoms with van der Waals surface area (Å²) in [5.41, 5.74) is 0.124. The number of aromatic nitrogens is 4. The Labute approximate surface area is 128 Å². The molecule has 2 heterocycles. The van der Waals surface area contributed by atoms with Crippen LogP contribution >= 0.6 is 23.2 Å². The lowest BCUT2D eigenvalue weighted by molar-refractivity contribution is 0.631. The predicted molar refractivity (Wildman–Crippen MR) is 78.0 cm³/mol. The van der Waals surface area contributed by atoms with Crippen LogP contribution in [0.5, 0.6) is 0 Å². The summed E-state index contributed by atoms with van der Waals surface area (Å²) in [5.74, 6) is -0.582. The van der Waals surface area contributed by atoms with Crippen molar-refractivity contribution in [2.75, 3.05) is 0 Å². The smallest absolute Gasteiger partial charge is 0.279 e. The maximum absolute atomic E-state index is 14.1. The Bertz CT molecular complexity index is 926. The van der Waals surface area contributed by atoms with Crippen LogP contribution in [-0.2, 0) is 7.05 Å². The normalized spacial score (nSPS) is 11.0. The van der Waals surface area contributed by atoms with Crippen LogP contribution in [0.25, 0.3) is 22.3 Å². The average Bonchev–Trinajstić information content (AvgIpc) is 2.43. The van der Waals surface area contributed by atoms with Gasteiger partial charge in [-0.25, -0.2) is 19.3 Å². The van der Waals surface area contributed by atoms with Crippen molar-refractivity contribution in [1.29, 1.82) is 0 Å². The molecule has 0 radical (unpaired) electrons. The summed E-state index contributed by atoms with van der Waals surface area (Å²) in [6.45, 7) is 0. The van der Waals surface area contributed by atoms with Gasteiger partial charge in [-0.1, -0.05) is 11.6 Å². The third-order valence-electron chi connectivity index (χ3n) is 2.93. The van der Waals surface area contributed by atoms with E-state index in [4.69, 9.17) is 23.2 Å². The molecule has 1 aromatic carbocycles. The summed E-state index contributed by atoms with van der Waals surface area (Å²) in [6.07, 6.45) is 1.32. The highest BCUT2D eigenvalue weighted by Gasteiger charge is 2.16. The van der Waals surface area contributed by atoms with E-state index in [-0.39, 0.29) is 38.2 Å². The fourth-order valence-electron chi connectivity index (χ4n) is 1.93. The number of hydrogen-bond acceptors (Lipinski definition) is 4. The first-order valence-corrected chi connectivity index (χ1v) is 6.57. The quantitative estimate of drug-likeness (QED) is 0.646. The Morgan fingerprint density at radius 2 is 1.95 bits per heavy atom. The van der Waals surface area contributed by atoms with E-state index in [1.165, 1.54) is 30.1 Å². The number of benzene rings is 1. The summed E-state index contributed by atoms with van der Waals surface area (Å²) in [5, 5.41) is 0.0986. The van der Waals surface area contributed by atoms with Crippen LogP contribution in [0.2, 0.25) is 10.3 Å². The van der Waals surface area contributed by atoms with E-state index >= 15 is 0 Å². The highest BCUT2D eigenvalue weighted by atomic mass is 35.5. The molecule has 3 rings (SSSR count). The number of rotatable bonds is 1. The molecule has 0 spiro atoms. The van der Waals surface area contributed by atoms with Gasteiger partial charge in [0.25, 0.3) is 5.56 Å². The minimum atomic E-state index is -0.582. The summed E-state index contributed by atoms with van der Waals surface area (Å²) in [7, 11) is 1.54. The number of nitrogens with zero attached hydrogens (tertiary/aromatic N) is 4. The van der Waals surface area contributed by atoms with E-state index in [0.717, 1.165) is 6.07 Å². The molecule has 0 saturated carbocycles. The average molecular weight is 325 g/mol. The highest BCUT2D eigenvalue weighted by molar-refractivity contribution is 6.30. The molecule has 2 aromatic heterocycles. The van der Waals surface area contributed by atoms with Gasteiger partial charge in [-0.3, -0.25) is 4.79 Å². The Kier molecular flexibility index (Phi) is 3.35. The first-order chi connectivity index (χ1) is 9.97. The maximum atomic E-state index is 14.1. The van der Waals surface area contributed by atoms with Gasteiger partial charge in [-0.15, -0.1) is 0 Å². The topological polar surface area (TPSA) is 60.7 Å². The summed E-state index contributed by atoms with van der Waals surface area (Å²) >= 11 is 11.6. The van der Waals surface area contributed by atoms with Crippen LogP contribution in [-0.4, -0.2) is 19.5 Å².